The first-order valence-corrected chi connectivity index (χ1v) is 12.1. The van der Waals surface area contributed by atoms with Crippen molar-refractivity contribution in [2.75, 3.05) is 19.8 Å². The maximum Gasteiger partial charge on any atom is 0.511 e. The number of hydrogen-bond donors (Lipinski definition) is 2. The zero-order valence-corrected chi connectivity index (χ0v) is 21.3. The summed E-state index contributed by atoms with van der Waals surface area (Å²) in [6.07, 6.45) is -1.29. The van der Waals surface area contributed by atoms with E-state index in [1.54, 1.807) is 24.0 Å². The summed E-state index contributed by atoms with van der Waals surface area (Å²) >= 11 is 0. The fraction of sp³-hybridized carbons (Fsp3) is 0.407. The van der Waals surface area contributed by atoms with Crippen molar-refractivity contribution in [3.05, 3.63) is 54.1 Å². The quantitative estimate of drug-likeness (QED) is 0.213. The van der Waals surface area contributed by atoms with Gasteiger partial charge in [0.25, 0.3) is 0 Å². The second-order valence-corrected chi connectivity index (χ2v) is 8.82. The number of carbonyl (C=O) groups is 3. The highest BCUT2D eigenvalue weighted by molar-refractivity contribution is 5.95. The van der Waals surface area contributed by atoms with Crippen LogP contribution in [0.4, 0.5) is 4.79 Å². The highest BCUT2D eigenvalue weighted by atomic mass is 16.8. The number of carbonyl (C=O) groups excluding carboxylic acids is 3. The third-order valence-corrected chi connectivity index (χ3v) is 6.01. The summed E-state index contributed by atoms with van der Waals surface area (Å²) in [5.74, 6) is -0.00861. The van der Waals surface area contributed by atoms with Crippen molar-refractivity contribution in [1.29, 1.82) is 5.41 Å². The van der Waals surface area contributed by atoms with Crippen LogP contribution in [0.1, 0.15) is 39.2 Å². The molecule has 1 unspecified atom stereocenters. The van der Waals surface area contributed by atoms with Gasteiger partial charge in [-0.05, 0) is 42.5 Å². The molecule has 10 nitrogen and oxygen atoms in total. The van der Waals surface area contributed by atoms with Gasteiger partial charge >= 0.3 is 12.1 Å². The number of nitrogens with zero attached hydrogens (tertiary/aromatic N) is 1. The Bertz CT molecular complexity index is 1100. The van der Waals surface area contributed by atoms with Gasteiger partial charge in [-0.2, -0.15) is 0 Å². The van der Waals surface area contributed by atoms with E-state index in [-0.39, 0.29) is 36.7 Å². The third-order valence-electron chi connectivity index (χ3n) is 6.01. The van der Waals surface area contributed by atoms with E-state index in [1.165, 1.54) is 13.8 Å². The standard InChI is InChI=1S/C27H33N3O7/c1-4-34-27(33)37-18(3)36-25(32)14-19-13-23(30(15-19)17(2)31)16-35-24-11-9-21(10-12-24)20-5-7-22(8-6-20)26(28)29/h5-12,18-19,23H,4,13-16H2,1-3H3,(H3,28,29)/t18?,19-,23-/m0/s1. The number of nitrogen functional groups attached to an aromatic ring is 1. The molecular weight excluding hydrogens is 478 g/mol. The van der Waals surface area contributed by atoms with E-state index < -0.39 is 18.4 Å². The smallest absolute Gasteiger partial charge is 0.491 e. The largest absolute Gasteiger partial charge is 0.511 e. The van der Waals surface area contributed by atoms with Gasteiger partial charge < -0.3 is 29.6 Å². The van der Waals surface area contributed by atoms with E-state index in [4.69, 9.17) is 25.4 Å². The number of nitrogens with two attached hydrogens (primary N) is 1. The van der Waals surface area contributed by atoms with Crippen molar-refractivity contribution < 1.29 is 33.3 Å². The third kappa shape index (κ3) is 7.96. The van der Waals surface area contributed by atoms with Crippen LogP contribution in [0.5, 0.6) is 5.75 Å². The predicted molar refractivity (Wildman–Crippen MR) is 136 cm³/mol. The molecule has 10 heteroatoms. The number of amidine groups is 1. The lowest BCUT2D eigenvalue weighted by atomic mass is 10.0. The van der Waals surface area contributed by atoms with Gasteiger partial charge in [0.1, 0.15) is 18.2 Å². The summed E-state index contributed by atoms with van der Waals surface area (Å²) in [5.41, 5.74) is 8.17. The van der Waals surface area contributed by atoms with Gasteiger partial charge in [0.15, 0.2) is 0 Å². The minimum Gasteiger partial charge on any atom is -0.491 e. The number of ether oxygens (including phenoxy) is 4. The summed E-state index contributed by atoms with van der Waals surface area (Å²) in [5, 5.41) is 7.50. The Kier molecular flexibility index (Phi) is 9.48. The van der Waals surface area contributed by atoms with E-state index in [0.29, 0.717) is 30.9 Å². The summed E-state index contributed by atoms with van der Waals surface area (Å²) in [4.78, 5) is 37.6. The molecular formula is C27H33N3O7. The average Bonchev–Trinajstić information content (AvgIpc) is 3.25. The Morgan fingerprint density at radius 2 is 1.68 bits per heavy atom. The summed E-state index contributed by atoms with van der Waals surface area (Å²) in [6, 6.07) is 14.8. The maximum absolute atomic E-state index is 12.3. The number of amides is 1. The van der Waals surface area contributed by atoms with Crippen molar-refractivity contribution >= 4 is 23.9 Å². The molecule has 37 heavy (non-hydrogen) atoms. The summed E-state index contributed by atoms with van der Waals surface area (Å²) in [7, 11) is 0. The lowest BCUT2D eigenvalue weighted by Gasteiger charge is -2.23. The first kappa shape index (κ1) is 27.5. The molecule has 1 fully saturated rings. The molecule has 0 aliphatic carbocycles. The molecule has 0 aromatic heterocycles. The first-order chi connectivity index (χ1) is 17.7. The topological polar surface area (TPSA) is 141 Å². The van der Waals surface area contributed by atoms with Crippen LogP contribution in [0.25, 0.3) is 11.1 Å². The molecule has 0 saturated carbocycles. The monoisotopic (exact) mass is 511 g/mol. The van der Waals surface area contributed by atoms with Crippen LogP contribution >= 0.6 is 0 Å². The van der Waals surface area contributed by atoms with Gasteiger partial charge in [0, 0.05) is 26.0 Å². The van der Waals surface area contributed by atoms with Gasteiger partial charge in [-0.1, -0.05) is 36.4 Å². The second-order valence-electron chi connectivity index (χ2n) is 8.82. The summed E-state index contributed by atoms with van der Waals surface area (Å²) in [6.45, 7) is 5.45. The number of likely N-dealkylation sites (tertiary alicyclic amines) is 1. The second kappa shape index (κ2) is 12.8. The highest BCUT2D eigenvalue weighted by Gasteiger charge is 2.35. The van der Waals surface area contributed by atoms with Crippen molar-refractivity contribution in [1.82, 2.24) is 4.90 Å². The molecule has 0 bridgehead atoms. The molecule has 1 amide bonds. The molecule has 2 aromatic carbocycles. The van der Waals surface area contributed by atoms with Crippen LogP contribution in [-0.2, 0) is 23.8 Å². The minimum absolute atomic E-state index is 0.0264. The average molecular weight is 512 g/mol. The Morgan fingerprint density at radius 1 is 1.05 bits per heavy atom. The molecule has 3 atom stereocenters. The van der Waals surface area contributed by atoms with E-state index in [9.17, 15) is 14.4 Å². The van der Waals surface area contributed by atoms with Crippen molar-refractivity contribution in [3.8, 4) is 16.9 Å². The Morgan fingerprint density at radius 3 is 2.24 bits per heavy atom. The van der Waals surface area contributed by atoms with Crippen LogP contribution in [-0.4, -0.2) is 60.9 Å². The Balaban J connectivity index is 1.52. The molecule has 0 radical (unpaired) electrons. The Hall–Kier alpha value is -4.08. The van der Waals surface area contributed by atoms with E-state index in [0.717, 1.165) is 11.1 Å². The molecule has 1 saturated heterocycles. The molecule has 1 heterocycles. The Labute approximate surface area is 216 Å². The van der Waals surface area contributed by atoms with Crippen molar-refractivity contribution in [2.24, 2.45) is 11.7 Å². The number of nitrogens with one attached hydrogen (secondary N) is 1. The number of hydrogen-bond acceptors (Lipinski definition) is 8. The normalized spacial score (nSPS) is 17.5. The first-order valence-electron chi connectivity index (χ1n) is 12.1. The lowest BCUT2D eigenvalue weighted by molar-refractivity contribution is -0.169. The fourth-order valence-corrected chi connectivity index (χ4v) is 4.26. The number of esters is 1. The minimum atomic E-state index is -1.06. The molecule has 198 valence electrons. The zero-order valence-electron chi connectivity index (χ0n) is 21.3. The molecule has 3 N–H and O–H groups in total. The number of rotatable bonds is 10. The van der Waals surface area contributed by atoms with Crippen LogP contribution in [0, 0.1) is 11.3 Å². The molecule has 1 aliphatic heterocycles. The summed E-state index contributed by atoms with van der Waals surface area (Å²) < 4.78 is 20.6. The molecule has 2 aromatic rings. The lowest BCUT2D eigenvalue weighted by Crippen LogP contribution is -2.37. The van der Waals surface area contributed by atoms with Crippen LogP contribution in [0.2, 0.25) is 0 Å². The fourth-order valence-electron chi connectivity index (χ4n) is 4.26. The van der Waals surface area contributed by atoms with Gasteiger partial charge in [-0.15, -0.1) is 0 Å². The van der Waals surface area contributed by atoms with Gasteiger partial charge in [0.2, 0.25) is 12.2 Å². The van der Waals surface area contributed by atoms with Gasteiger partial charge in [0.05, 0.1) is 19.1 Å². The van der Waals surface area contributed by atoms with Crippen molar-refractivity contribution in [3.63, 3.8) is 0 Å². The van der Waals surface area contributed by atoms with Crippen molar-refractivity contribution in [2.45, 2.75) is 45.9 Å². The molecule has 3 rings (SSSR count). The van der Waals surface area contributed by atoms with E-state index >= 15 is 0 Å². The number of benzene rings is 2. The molecule has 1 aliphatic rings. The van der Waals surface area contributed by atoms with Gasteiger partial charge in [-0.3, -0.25) is 15.0 Å². The highest BCUT2D eigenvalue weighted by Crippen LogP contribution is 2.28. The van der Waals surface area contributed by atoms with E-state index in [1.807, 2.05) is 36.4 Å². The van der Waals surface area contributed by atoms with E-state index in [2.05, 4.69) is 4.74 Å². The van der Waals surface area contributed by atoms with Crippen LogP contribution in [0.3, 0.4) is 0 Å². The van der Waals surface area contributed by atoms with Gasteiger partial charge in [-0.25, -0.2) is 4.79 Å². The van der Waals surface area contributed by atoms with Crippen LogP contribution in [0.15, 0.2) is 48.5 Å². The zero-order chi connectivity index (χ0) is 26.9. The predicted octanol–water partition coefficient (Wildman–Crippen LogP) is 3.71. The van der Waals surface area contributed by atoms with Crippen LogP contribution < -0.4 is 10.5 Å². The SMILES string of the molecule is CCOC(=O)OC(C)OC(=O)C[C@@H]1C[C@@H](COc2ccc(-c3ccc(C(=N)N)cc3)cc2)N(C(C)=O)C1. The molecule has 0 spiro atoms. The maximum atomic E-state index is 12.3.